The van der Waals surface area contributed by atoms with Gasteiger partial charge in [0.15, 0.2) is 6.17 Å². The Hall–Kier alpha value is -2.55. The van der Waals surface area contributed by atoms with Crippen LogP contribution >= 0.6 is 0 Å². The molecule has 1 nitrogen and oxygen atoms in total. The van der Waals surface area contributed by atoms with E-state index < -0.39 is 5.92 Å². The lowest BCUT2D eigenvalue weighted by Crippen LogP contribution is -2.32. The number of hydrogen-bond acceptors (Lipinski definition) is 0. The lowest BCUT2D eigenvalue weighted by atomic mass is 9.80. The Morgan fingerprint density at radius 3 is 2.44 bits per heavy atom. The average Bonchev–Trinajstić information content (AvgIpc) is 3.08. The standard InChI is InChI=1S/C31H36F2N/c1-18(2)13-26-27-17-24(22-7-10-31(32,33)11-8-22)16-23-9-12-34(6)30(28(23)27)29(26)25-15-19(3)14-20(4)21(25)5/h9,12,14-18,22H,7-8,10-11,13H2,1-6H3/q+1/i12D. The number of benzene rings is 2. The topological polar surface area (TPSA) is 3.88 Å². The van der Waals surface area contributed by atoms with Crippen molar-refractivity contribution in [1.29, 1.82) is 0 Å². The van der Waals surface area contributed by atoms with Crippen LogP contribution in [0.4, 0.5) is 8.78 Å². The van der Waals surface area contributed by atoms with E-state index in [4.69, 9.17) is 1.37 Å². The highest BCUT2D eigenvalue weighted by molar-refractivity contribution is 6.16. The Balaban J connectivity index is 1.80. The van der Waals surface area contributed by atoms with Crippen molar-refractivity contribution in [3.05, 3.63) is 75.6 Å². The summed E-state index contributed by atoms with van der Waals surface area (Å²) in [7, 11) is 1.99. The number of nitrogens with zero attached hydrogens (tertiary/aromatic N) is 1. The summed E-state index contributed by atoms with van der Waals surface area (Å²) in [6.07, 6.45) is 2.37. The molecule has 3 heteroatoms. The second kappa shape index (κ2) is 8.29. The number of alkyl halides is 2. The van der Waals surface area contributed by atoms with Crippen molar-refractivity contribution in [2.75, 3.05) is 0 Å². The predicted molar refractivity (Wildman–Crippen MR) is 137 cm³/mol. The van der Waals surface area contributed by atoms with E-state index in [1.807, 2.05) is 17.7 Å². The summed E-state index contributed by atoms with van der Waals surface area (Å²) in [5.41, 5.74) is 11.1. The molecule has 1 aromatic heterocycles. The summed E-state index contributed by atoms with van der Waals surface area (Å²) in [5, 5.41) is 2.27. The van der Waals surface area contributed by atoms with Crippen LogP contribution in [0.2, 0.25) is 0 Å². The van der Waals surface area contributed by atoms with Crippen LogP contribution in [0, 0.1) is 26.7 Å². The Bertz CT molecular complexity index is 1370. The average molecular weight is 462 g/mol. The third kappa shape index (κ3) is 3.87. The fraction of sp³-hybridized carbons (Fsp3) is 0.452. The van der Waals surface area contributed by atoms with Crippen LogP contribution in [0.1, 0.15) is 92.3 Å². The summed E-state index contributed by atoms with van der Waals surface area (Å²) in [6.45, 7) is 11.0. The molecule has 0 bridgehead atoms. The summed E-state index contributed by atoms with van der Waals surface area (Å²) >= 11 is 0. The van der Waals surface area contributed by atoms with Crippen molar-refractivity contribution in [3.8, 4) is 0 Å². The normalized spacial score (nSPS) is 18.3. The minimum atomic E-state index is -2.53. The molecule has 34 heavy (non-hydrogen) atoms. The molecule has 0 saturated heterocycles. The van der Waals surface area contributed by atoms with Gasteiger partial charge in [-0.3, -0.25) is 0 Å². The van der Waals surface area contributed by atoms with E-state index in [1.54, 1.807) is 0 Å². The fourth-order valence-electron chi connectivity index (χ4n) is 6.09. The first-order valence-electron chi connectivity index (χ1n) is 13.1. The first-order chi connectivity index (χ1) is 16.5. The summed E-state index contributed by atoms with van der Waals surface area (Å²) in [4.78, 5) is 0. The maximum atomic E-state index is 13.9. The zero-order valence-electron chi connectivity index (χ0n) is 22.3. The molecular weight excluding hydrogens is 424 g/mol. The molecule has 2 aliphatic rings. The molecule has 1 saturated carbocycles. The van der Waals surface area contributed by atoms with Gasteiger partial charge in [-0.05, 0) is 90.6 Å². The van der Waals surface area contributed by atoms with Crippen LogP contribution in [0.5, 0.6) is 0 Å². The van der Waals surface area contributed by atoms with Crippen molar-refractivity contribution in [3.63, 3.8) is 0 Å². The molecular formula is C31H36F2N+. The maximum Gasteiger partial charge on any atom is 0.248 e. The van der Waals surface area contributed by atoms with Gasteiger partial charge in [0.1, 0.15) is 8.42 Å². The van der Waals surface area contributed by atoms with Crippen molar-refractivity contribution < 1.29 is 14.7 Å². The van der Waals surface area contributed by atoms with E-state index >= 15 is 0 Å². The van der Waals surface area contributed by atoms with Crippen molar-refractivity contribution in [1.82, 2.24) is 0 Å². The van der Waals surface area contributed by atoms with Gasteiger partial charge in [-0.2, -0.15) is 0 Å². The minimum Gasteiger partial charge on any atom is -0.207 e. The van der Waals surface area contributed by atoms with E-state index in [0.29, 0.717) is 24.9 Å². The number of aryl methyl sites for hydroxylation is 2. The zero-order valence-corrected chi connectivity index (χ0v) is 21.3. The van der Waals surface area contributed by atoms with E-state index in [2.05, 4.69) is 58.9 Å². The smallest absolute Gasteiger partial charge is 0.207 e. The first-order valence-corrected chi connectivity index (χ1v) is 12.6. The first kappa shape index (κ1) is 21.9. The van der Waals surface area contributed by atoms with Gasteiger partial charge in [-0.1, -0.05) is 43.7 Å². The van der Waals surface area contributed by atoms with Gasteiger partial charge in [-0.25, -0.2) is 13.3 Å². The number of hydrogen-bond donors (Lipinski definition) is 0. The molecule has 0 atom stereocenters. The number of aromatic nitrogens is 1. The molecule has 2 aliphatic carbocycles. The van der Waals surface area contributed by atoms with Gasteiger partial charge in [0.25, 0.3) is 0 Å². The Kier molecular flexibility index (Phi) is 5.35. The molecule has 0 radical (unpaired) electrons. The monoisotopic (exact) mass is 461 g/mol. The van der Waals surface area contributed by atoms with Crippen LogP contribution in [-0.4, -0.2) is 5.92 Å². The highest BCUT2D eigenvalue weighted by Crippen LogP contribution is 2.49. The quantitative estimate of drug-likeness (QED) is 0.345. The molecule has 178 valence electrons. The van der Waals surface area contributed by atoms with Gasteiger partial charge in [0.2, 0.25) is 11.6 Å². The number of halogens is 2. The van der Waals surface area contributed by atoms with E-state index in [0.717, 1.165) is 23.1 Å². The second-order valence-corrected chi connectivity index (χ2v) is 11.0. The second-order valence-electron chi connectivity index (χ2n) is 11.0. The summed E-state index contributed by atoms with van der Waals surface area (Å²) in [5.74, 6) is -1.92. The SMILES string of the molecule is [2H]c1cc2cc(C3CCC(F)(F)CC3)cc3c2c([n+]1C)C(c1cc(C)cc(C)c1C)=C3CC(C)C. The van der Waals surface area contributed by atoms with Crippen molar-refractivity contribution in [2.24, 2.45) is 13.0 Å². The van der Waals surface area contributed by atoms with Gasteiger partial charge >= 0.3 is 0 Å². The highest BCUT2D eigenvalue weighted by atomic mass is 19.3. The number of pyridine rings is 1. The van der Waals surface area contributed by atoms with Gasteiger partial charge in [0.05, 0.1) is 11.0 Å². The number of allylic oxidation sites excluding steroid dienone is 1. The molecule has 0 unspecified atom stereocenters. The van der Waals surface area contributed by atoms with Crippen LogP contribution in [-0.2, 0) is 7.05 Å². The molecule has 3 aromatic rings. The lowest BCUT2D eigenvalue weighted by molar-refractivity contribution is -0.672. The van der Waals surface area contributed by atoms with Gasteiger partial charge in [-0.15, -0.1) is 0 Å². The summed E-state index contributed by atoms with van der Waals surface area (Å²) < 4.78 is 38.6. The zero-order chi connectivity index (χ0) is 25.2. The predicted octanol–water partition coefficient (Wildman–Crippen LogP) is 8.20. The molecule has 2 aromatic carbocycles. The number of rotatable bonds is 4. The van der Waals surface area contributed by atoms with Gasteiger partial charge in [0, 0.05) is 18.9 Å². The Morgan fingerprint density at radius 2 is 1.76 bits per heavy atom. The van der Waals surface area contributed by atoms with Crippen LogP contribution < -0.4 is 4.57 Å². The lowest BCUT2D eigenvalue weighted by Gasteiger charge is -2.29. The third-order valence-electron chi connectivity index (χ3n) is 7.92. The molecule has 0 spiro atoms. The molecule has 5 rings (SSSR count). The molecule has 0 N–H and O–H groups in total. The molecule has 0 amide bonds. The highest BCUT2D eigenvalue weighted by Gasteiger charge is 2.37. The fourth-order valence-corrected chi connectivity index (χ4v) is 6.09. The van der Waals surface area contributed by atoms with Crippen LogP contribution in [0.25, 0.3) is 21.9 Å². The van der Waals surface area contributed by atoms with Gasteiger partial charge < -0.3 is 0 Å². The third-order valence-corrected chi connectivity index (χ3v) is 7.92. The van der Waals surface area contributed by atoms with Crippen LogP contribution in [0.3, 0.4) is 0 Å². The molecule has 1 fully saturated rings. The minimum absolute atomic E-state index is 0.0363. The Morgan fingerprint density at radius 1 is 1.06 bits per heavy atom. The largest absolute Gasteiger partial charge is 0.248 e. The van der Waals surface area contributed by atoms with E-state index in [1.165, 1.54) is 44.3 Å². The maximum absolute atomic E-state index is 13.9. The van der Waals surface area contributed by atoms with Crippen LogP contribution in [0.15, 0.2) is 36.5 Å². The Labute approximate surface area is 203 Å². The molecule has 1 heterocycles. The van der Waals surface area contributed by atoms with E-state index in [9.17, 15) is 8.78 Å². The molecule has 0 aliphatic heterocycles. The van der Waals surface area contributed by atoms with E-state index in [-0.39, 0.29) is 18.8 Å². The van der Waals surface area contributed by atoms with Crippen molar-refractivity contribution >= 4 is 21.9 Å². The van der Waals surface area contributed by atoms with Crippen molar-refractivity contribution in [2.45, 2.75) is 78.6 Å². The summed E-state index contributed by atoms with van der Waals surface area (Å²) in [6, 6.07) is 11.0.